The summed E-state index contributed by atoms with van der Waals surface area (Å²) in [5, 5.41) is 9.71. The minimum absolute atomic E-state index is 0.0867. The maximum Gasteiger partial charge on any atom is 0.573 e. The number of amides is 1. The lowest BCUT2D eigenvalue weighted by atomic mass is 10.0. The van der Waals surface area contributed by atoms with Crippen LogP contribution in [-0.2, 0) is 4.79 Å². The first-order chi connectivity index (χ1) is 21.4. The lowest BCUT2D eigenvalue weighted by molar-refractivity contribution is -0.274. The van der Waals surface area contributed by atoms with Crippen molar-refractivity contribution in [3.8, 4) is 22.8 Å². The summed E-state index contributed by atoms with van der Waals surface area (Å²) >= 11 is 12.9. The van der Waals surface area contributed by atoms with Crippen LogP contribution in [0, 0.1) is 6.92 Å². The number of nitrogens with one attached hydrogen (secondary N) is 1. The van der Waals surface area contributed by atoms with Gasteiger partial charge in [0, 0.05) is 10.6 Å². The maximum absolute atomic E-state index is 12.8. The van der Waals surface area contributed by atoms with Crippen LogP contribution in [0.2, 0.25) is 5.02 Å². The molecule has 4 aromatic rings. The Kier molecular flexibility index (Phi) is 9.56. The van der Waals surface area contributed by atoms with Crippen LogP contribution in [0.1, 0.15) is 36.5 Å². The lowest BCUT2D eigenvalue weighted by Crippen LogP contribution is -2.31. The number of hydrogen-bond acceptors (Lipinski definition) is 7. The van der Waals surface area contributed by atoms with E-state index in [1.54, 1.807) is 23.2 Å². The van der Waals surface area contributed by atoms with Crippen molar-refractivity contribution in [2.45, 2.75) is 33.1 Å². The number of aryl methyl sites for hydroxylation is 1. The Labute approximate surface area is 271 Å². The zero-order valence-electron chi connectivity index (χ0n) is 24.0. The van der Waals surface area contributed by atoms with E-state index in [9.17, 15) is 18.0 Å². The first kappa shape index (κ1) is 32.1. The van der Waals surface area contributed by atoms with Gasteiger partial charge in [-0.15, -0.1) is 18.3 Å². The molecule has 1 aromatic heterocycles. The van der Waals surface area contributed by atoms with Crippen LogP contribution in [0.25, 0.3) is 17.1 Å². The van der Waals surface area contributed by atoms with Gasteiger partial charge < -0.3 is 4.74 Å². The average molecular weight is 672 g/mol. The summed E-state index contributed by atoms with van der Waals surface area (Å²) in [4.78, 5) is 23.1. The van der Waals surface area contributed by atoms with Crippen LogP contribution < -0.4 is 15.1 Å². The molecule has 0 saturated carbocycles. The molecule has 15 heteroatoms. The molecule has 232 valence electrons. The van der Waals surface area contributed by atoms with Crippen molar-refractivity contribution in [1.29, 1.82) is 0 Å². The standard InChI is InChI=1S/C30H25ClF3N7O2S2/c1-17(2)24-11-6-21(31)13-25(24)41-26(42)15-45-29(41)37-28(44)38-36-14-20-5-4-19(12-18(20)3)27-35-16-40(39-27)22-7-9-23(10-8-22)43-30(32,33)34/h4-14,16-17H,15H2,1-3H3,(H,38,44)/b36-14+,37-29-. The molecule has 0 radical (unpaired) electrons. The number of thioether (sulfide) groups is 1. The summed E-state index contributed by atoms with van der Waals surface area (Å²) in [5.74, 6) is 0.388. The molecule has 2 heterocycles. The summed E-state index contributed by atoms with van der Waals surface area (Å²) in [6, 6.07) is 16.3. The molecule has 0 bridgehead atoms. The highest BCUT2D eigenvalue weighted by Crippen LogP contribution is 2.35. The second-order valence-corrected chi connectivity index (χ2v) is 11.8. The minimum Gasteiger partial charge on any atom is -0.406 e. The number of aliphatic imine (C=N–C) groups is 1. The maximum atomic E-state index is 12.8. The van der Waals surface area contributed by atoms with Crippen LogP contribution in [0.3, 0.4) is 0 Å². The predicted molar refractivity (Wildman–Crippen MR) is 174 cm³/mol. The number of hydrogen-bond donors (Lipinski definition) is 1. The molecule has 0 unspecified atom stereocenters. The highest BCUT2D eigenvalue weighted by molar-refractivity contribution is 8.15. The van der Waals surface area contributed by atoms with Gasteiger partial charge in [-0.2, -0.15) is 10.1 Å². The van der Waals surface area contributed by atoms with Crippen LogP contribution in [0.5, 0.6) is 5.75 Å². The minimum atomic E-state index is -4.76. The fraction of sp³-hybridized carbons (Fsp3) is 0.200. The van der Waals surface area contributed by atoms with E-state index in [1.807, 2.05) is 45.0 Å². The van der Waals surface area contributed by atoms with E-state index in [2.05, 4.69) is 30.3 Å². The Morgan fingerprint density at radius 3 is 2.60 bits per heavy atom. The van der Waals surface area contributed by atoms with Gasteiger partial charge in [0.1, 0.15) is 12.1 Å². The summed E-state index contributed by atoms with van der Waals surface area (Å²) in [6.07, 6.45) is -1.69. The largest absolute Gasteiger partial charge is 0.573 e. The molecule has 1 amide bonds. The molecule has 1 saturated heterocycles. The number of halogens is 4. The average Bonchev–Trinajstić information content (AvgIpc) is 3.60. The number of benzene rings is 3. The van der Waals surface area contributed by atoms with Crippen molar-refractivity contribution in [3.63, 3.8) is 0 Å². The van der Waals surface area contributed by atoms with Crippen molar-refractivity contribution in [2.24, 2.45) is 10.1 Å². The van der Waals surface area contributed by atoms with Gasteiger partial charge in [0.2, 0.25) is 11.0 Å². The summed E-state index contributed by atoms with van der Waals surface area (Å²) < 4.78 is 42.6. The van der Waals surface area contributed by atoms with Gasteiger partial charge in [-0.05, 0) is 84.2 Å². The van der Waals surface area contributed by atoms with Crippen LogP contribution >= 0.6 is 35.6 Å². The van der Waals surface area contributed by atoms with Crippen LogP contribution in [0.4, 0.5) is 18.9 Å². The second-order valence-electron chi connectivity index (χ2n) is 10.1. The Morgan fingerprint density at radius 2 is 1.91 bits per heavy atom. The third kappa shape index (κ3) is 7.88. The molecule has 1 aliphatic rings. The van der Waals surface area contributed by atoms with E-state index >= 15 is 0 Å². The van der Waals surface area contributed by atoms with Gasteiger partial charge in [0.15, 0.2) is 11.0 Å². The van der Waals surface area contributed by atoms with Crippen molar-refractivity contribution in [1.82, 2.24) is 20.2 Å². The Morgan fingerprint density at radius 1 is 1.16 bits per heavy atom. The molecule has 1 N–H and O–H groups in total. The van der Waals surface area contributed by atoms with Crippen LogP contribution in [0.15, 0.2) is 77.1 Å². The third-order valence-electron chi connectivity index (χ3n) is 6.54. The molecule has 5 rings (SSSR count). The summed E-state index contributed by atoms with van der Waals surface area (Å²) in [6.45, 7) is 5.98. The molecule has 0 aliphatic carbocycles. The van der Waals surface area contributed by atoms with Gasteiger partial charge in [-0.25, -0.2) is 9.67 Å². The molecule has 45 heavy (non-hydrogen) atoms. The van der Waals surface area contributed by atoms with E-state index in [1.165, 1.54) is 47.0 Å². The molecular weight excluding hydrogens is 647 g/mol. The molecule has 0 spiro atoms. The lowest BCUT2D eigenvalue weighted by Gasteiger charge is -2.22. The molecule has 0 atom stereocenters. The van der Waals surface area contributed by atoms with Crippen LogP contribution in [-0.4, -0.2) is 49.3 Å². The summed E-state index contributed by atoms with van der Waals surface area (Å²) in [5.41, 5.74) is 7.33. The molecule has 1 fully saturated rings. The number of amidine groups is 1. The first-order valence-corrected chi connectivity index (χ1v) is 15.2. The van der Waals surface area contributed by atoms with E-state index in [0.29, 0.717) is 27.4 Å². The number of thiocarbonyl (C=S) groups is 1. The van der Waals surface area contributed by atoms with E-state index in [0.717, 1.165) is 22.3 Å². The van der Waals surface area contributed by atoms with Gasteiger partial charge in [-0.1, -0.05) is 55.4 Å². The van der Waals surface area contributed by atoms with Gasteiger partial charge in [0.25, 0.3) is 0 Å². The van der Waals surface area contributed by atoms with Crippen molar-refractivity contribution >= 4 is 63.7 Å². The smallest absolute Gasteiger partial charge is 0.406 e. The first-order valence-electron chi connectivity index (χ1n) is 13.4. The fourth-order valence-corrected chi connectivity index (χ4v) is 5.66. The zero-order chi connectivity index (χ0) is 32.3. The molecule has 9 nitrogen and oxygen atoms in total. The highest BCUT2D eigenvalue weighted by Gasteiger charge is 2.32. The number of alkyl halides is 3. The Bertz CT molecular complexity index is 1810. The number of ether oxygens (including phenoxy) is 1. The number of hydrazone groups is 1. The van der Waals surface area contributed by atoms with Gasteiger partial charge >= 0.3 is 6.36 Å². The fourth-order valence-electron chi connectivity index (χ4n) is 4.43. The predicted octanol–water partition coefficient (Wildman–Crippen LogP) is 7.26. The van der Waals surface area contributed by atoms with Crippen molar-refractivity contribution < 1.29 is 22.7 Å². The number of carbonyl (C=O) groups is 1. The van der Waals surface area contributed by atoms with Crippen molar-refractivity contribution in [2.75, 3.05) is 10.7 Å². The molecular formula is C30H25ClF3N7O2S2. The number of carbonyl (C=O) groups excluding carboxylic acids is 1. The Hall–Kier alpha value is -4.27. The Balaban J connectivity index is 1.25. The third-order valence-corrected chi connectivity index (χ3v) is 7.88. The molecule has 3 aromatic carbocycles. The number of nitrogens with zero attached hydrogens (tertiary/aromatic N) is 6. The molecule has 1 aliphatic heterocycles. The highest BCUT2D eigenvalue weighted by atomic mass is 35.5. The summed E-state index contributed by atoms with van der Waals surface area (Å²) in [7, 11) is 0. The van der Waals surface area contributed by atoms with Crippen molar-refractivity contribution in [3.05, 3.63) is 88.7 Å². The van der Waals surface area contributed by atoms with Gasteiger partial charge in [-0.3, -0.25) is 15.1 Å². The monoisotopic (exact) mass is 671 g/mol. The normalized spacial score (nSPS) is 14.6. The van der Waals surface area contributed by atoms with E-state index in [4.69, 9.17) is 23.8 Å². The number of anilines is 1. The second kappa shape index (κ2) is 13.4. The number of rotatable bonds is 7. The quantitative estimate of drug-likeness (QED) is 0.125. The number of aromatic nitrogens is 3. The topological polar surface area (TPSA) is 97.0 Å². The van der Waals surface area contributed by atoms with E-state index in [-0.39, 0.29) is 28.4 Å². The van der Waals surface area contributed by atoms with Gasteiger partial charge in [0.05, 0.1) is 23.3 Å². The SMILES string of the molecule is Cc1cc(-c2ncn(-c3ccc(OC(F)(F)F)cc3)n2)ccc1/C=N/NC(=S)/N=C1\SCC(=O)N1c1cc(Cl)ccc1C(C)C. The van der Waals surface area contributed by atoms with E-state index < -0.39 is 6.36 Å². The zero-order valence-corrected chi connectivity index (χ0v) is 26.4.